The Balaban J connectivity index is 1.02. The topological polar surface area (TPSA) is 68.0 Å². The zero-order valence-electron chi connectivity index (χ0n) is 36.7. The van der Waals surface area contributed by atoms with E-state index in [0.717, 1.165) is 80.0 Å². The Hall–Kier alpha value is -8.74. The number of nitrogens with zero attached hydrogens (tertiary/aromatic N) is 5. The number of hydrogen-bond acceptors (Lipinski definition) is 5. The molecule has 2 aromatic heterocycles. The van der Waals surface area contributed by atoms with Gasteiger partial charge in [-0.3, -0.25) is 0 Å². The Bertz CT molecular complexity index is 3530. The van der Waals surface area contributed by atoms with Crippen LogP contribution in [0.5, 0.6) is 0 Å². The van der Waals surface area contributed by atoms with Crippen molar-refractivity contribution in [1.29, 1.82) is 0 Å². The molecule has 1 aliphatic heterocycles. The highest BCUT2D eigenvalue weighted by Gasteiger charge is 2.23. The lowest BCUT2D eigenvalue weighted by molar-refractivity contribution is 0.766. The number of aliphatic imine (C=N–C) groups is 1. The molecule has 6 heteroatoms. The van der Waals surface area contributed by atoms with Gasteiger partial charge < -0.3 is 9.88 Å². The van der Waals surface area contributed by atoms with Gasteiger partial charge in [-0.15, -0.1) is 0 Å². The minimum Gasteiger partial charge on any atom is -0.359 e. The molecule has 0 saturated carbocycles. The van der Waals surface area contributed by atoms with Crippen LogP contribution in [0.1, 0.15) is 30.0 Å². The van der Waals surface area contributed by atoms with Crippen molar-refractivity contribution in [2.24, 2.45) is 4.99 Å². The summed E-state index contributed by atoms with van der Waals surface area (Å²) in [5.74, 6) is 2.73. The van der Waals surface area contributed by atoms with Crippen LogP contribution in [0.15, 0.2) is 247 Å². The number of aromatic nitrogens is 4. The Morgan fingerprint density at radius 1 is 0.463 bits per heavy atom. The number of amidine groups is 1. The molecule has 10 aromatic rings. The molecule has 1 N–H and O–H groups in total. The van der Waals surface area contributed by atoms with Gasteiger partial charge >= 0.3 is 0 Å². The molecule has 0 spiro atoms. The van der Waals surface area contributed by atoms with E-state index in [-0.39, 0.29) is 6.04 Å². The van der Waals surface area contributed by atoms with Crippen LogP contribution in [0.25, 0.3) is 83.9 Å². The summed E-state index contributed by atoms with van der Waals surface area (Å²) >= 11 is 0. The molecule has 1 unspecified atom stereocenters. The van der Waals surface area contributed by atoms with Crippen molar-refractivity contribution in [1.82, 2.24) is 24.8 Å². The molecule has 318 valence electrons. The number of rotatable bonds is 9. The highest BCUT2D eigenvalue weighted by atomic mass is 15.1. The van der Waals surface area contributed by atoms with Crippen LogP contribution < -0.4 is 5.32 Å². The Morgan fingerprint density at radius 2 is 1.07 bits per heavy atom. The molecule has 0 fully saturated rings. The van der Waals surface area contributed by atoms with Crippen LogP contribution in [0.2, 0.25) is 0 Å². The van der Waals surface area contributed by atoms with Crippen LogP contribution in [0.4, 0.5) is 0 Å². The number of fused-ring (bicyclic) bond motifs is 3. The summed E-state index contributed by atoms with van der Waals surface area (Å²) in [5.41, 5.74) is 15.0. The second-order valence-corrected chi connectivity index (χ2v) is 17.0. The fraction of sp³-hybridized carbons (Fsp3) is 0.0492. The molecule has 1 atom stereocenters. The fourth-order valence-electron chi connectivity index (χ4n) is 9.44. The molecule has 6 nitrogen and oxygen atoms in total. The molecule has 1 aliphatic carbocycles. The fourth-order valence-corrected chi connectivity index (χ4v) is 9.44. The van der Waals surface area contributed by atoms with Crippen LogP contribution in [0, 0.1) is 0 Å². The highest BCUT2D eigenvalue weighted by molar-refractivity contribution is 6.17. The minimum absolute atomic E-state index is 0.0236. The van der Waals surface area contributed by atoms with E-state index >= 15 is 0 Å². The van der Waals surface area contributed by atoms with Crippen LogP contribution in [-0.2, 0) is 0 Å². The third-order valence-electron chi connectivity index (χ3n) is 12.7. The molecule has 3 heterocycles. The van der Waals surface area contributed by atoms with Gasteiger partial charge in [0.1, 0.15) is 5.84 Å². The third kappa shape index (κ3) is 7.74. The smallest absolute Gasteiger partial charge is 0.164 e. The molecule has 8 aromatic carbocycles. The normalized spacial score (nSPS) is 14.6. The molecule has 2 aliphatic rings. The van der Waals surface area contributed by atoms with Gasteiger partial charge in [-0.25, -0.2) is 19.9 Å². The minimum atomic E-state index is -0.0236. The maximum atomic E-state index is 5.29. The average Bonchev–Trinajstić information content (AvgIpc) is 3.76. The molecule has 0 radical (unpaired) electrons. The second-order valence-electron chi connectivity index (χ2n) is 17.0. The van der Waals surface area contributed by atoms with Crippen molar-refractivity contribution < 1.29 is 0 Å². The van der Waals surface area contributed by atoms with E-state index in [1.165, 1.54) is 27.5 Å². The lowest BCUT2D eigenvalue weighted by Crippen LogP contribution is -2.31. The monoisotopic (exact) mass is 860 g/mol. The van der Waals surface area contributed by atoms with Gasteiger partial charge in [0, 0.05) is 38.7 Å². The Labute approximate surface area is 389 Å². The first kappa shape index (κ1) is 39.8. The van der Waals surface area contributed by atoms with Crippen molar-refractivity contribution in [2.75, 3.05) is 0 Å². The molecule has 0 saturated heterocycles. The van der Waals surface area contributed by atoms with Crippen molar-refractivity contribution >= 4 is 27.6 Å². The average molecular weight is 861 g/mol. The molecule has 0 bridgehead atoms. The molecular formula is C61H44N6. The third-order valence-corrected chi connectivity index (χ3v) is 12.7. The first-order chi connectivity index (χ1) is 33.2. The van der Waals surface area contributed by atoms with Crippen LogP contribution in [0.3, 0.4) is 0 Å². The summed E-state index contributed by atoms with van der Waals surface area (Å²) < 4.78 is 2.38. The van der Waals surface area contributed by atoms with Gasteiger partial charge in [-0.1, -0.05) is 188 Å². The quantitative estimate of drug-likeness (QED) is 0.157. The Kier molecular flexibility index (Phi) is 10.3. The summed E-state index contributed by atoms with van der Waals surface area (Å²) in [6.45, 7) is 0. The van der Waals surface area contributed by atoms with Gasteiger partial charge in [0.2, 0.25) is 0 Å². The van der Waals surface area contributed by atoms with E-state index < -0.39 is 0 Å². The predicted molar refractivity (Wildman–Crippen MR) is 275 cm³/mol. The second kappa shape index (κ2) is 17.3. The lowest BCUT2D eigenvalue weighted by Gasteiger charge is -2.25. The Morgan fingerprint density at radius 3 is 1.78 bits per heavy atom. The SMILES string of the molecule is C1=CC(C2=CC(c3ccccc3)NC(c3cccc(-c4cccc5c4c4cc(-c6ccccc6)ccc4n5-c4cccc(-c5nc(-c6ccccc6)nc(-c6ccccc6)n5)c4)c3)=N2)=CCC1. The number of benzene rings is 8. The van der Waals surface area contributed by atoms with E-state index in [2.05, 4.69) is 180 Å². The first-order valence-corrected chi connectivity index (χ1v) is 22.9. The number of allylic oxidation sites excluding steroid dienone is 3. The molecule has 0 amide bonds. The van der Waals surface area contributed by atoms with E-state index in [1.54, 1.807) is 0 Å². The van der Waals surface area contributed by atoms with Crippen molar-refractivity contribution in [3.8, 4) is 62.1 Å². The van der Waals surface area contributed by atoms with Crippen LogP contribution in [-0.4, -0.2) is 25.4 Å². The van der Waals surface area contributed by atoms with Crippen molar-refractivity contribution in [3.05, 3.63) is 253 Å². The maximum absolute atomic E-state index is 5.29. The standard InChI is InChI=1S/C61H44N6/c1-6-19-41(20-7-1)46-35-36-55-52(39-46)57-51(47-29-16-30-48(37-47)60-62-53(42-21-8-2-9-22-42)40-54(63-60)43-23-10-3-11-24-43)33-18-34-56(57)67(55)50-32-17-31-49(38-50)61-65-58(44-25-12-4-13-26-44)64-59(66-61)45-27-14-5-15-28-45/h1-2,4-10,12-40,53H,3,11H2,(H,62,63). The van der Waals surface area contributed by atoms with E-state index in [4.69, 9.17) is 19.9 Å². The van der Waals surface area contributed by atoms with Gasteiger partial charge in [0.15, 0.2) is 17.5 Å². The molecule has 67 heavy (non-hydrogen) atoms. The molecular weight excluding hydrogens is 817 g/mol. The number of nitrogens with one attached hydrogen (secondary N) is 1. The summed E-state index contributed by atoms with van der Waals surface area (Å²) in [4.78, 5) is 20.4. The summed E-state index contributed by atoms with van der Waals surface area (Å²) in [6.07, 6.45) is 11.1. The van der Waals surface area contributed by atoms with E-state index in [0.29, 0.717) is 17.5 Å². The zero-order valence-corrected chi connectivity index (χ0v) is 36.7. The zero-order chi connectivity index (χ0) is 44.5. The van der Waals surface area contributed by atoms with Crippen molar-refractivity contribution in [3.63, 3.8) is 0 Å². The van der Waals surface area contributed by atoms with Gasteiger partial charge in [-0.05, 0) is 88.7 Å². The largest absolute Gasteiger partial charge is 0.359 e. The number of hydrogen-bond donors (Lipinski definition) is 1. The van der Waals surface area contributed by atoms with Gasteiger partial charge in [-0.2, -0.15) is 0 Å². The van der Waals surface area contributed by atoms with E-state index in [1.807, 2.05) is 60.7 Å². The summed E-state index contributed by atoms with van der Waals surface area (Å²) in [7, 11) is 0. The summed E-state index contributed by atoms with van der Waals surface area (Å²) in [6, 6.07) is 72.4. The predicted octanol–water partition coefficient (Wildman–Crippen LogP) is 14.6. The lowest BCUT2D eigenvalue weighted by atomic mass is 9.95. The highest BCUT2D eigenvalue weighted by Crippen LogP contribution is 2.41. The van der Waals surface area contributed by atoms with Crippen molar-refractivity contribution in [2.45, 2.75) is 18.9 Å². The first-order valence-electron chi connectivity index (χ1n) is 22.9. The van der Waals surface area contributed by atoms with Crippen LogP contribution >= 0.6 is 0 Å². The molecule has 12 rings (SSSR count). The van der Waals surface area contributed by atoms with Gasteiger partial charge in [0.25, 0.3) is 0 Å². The van der Waals surface area contributed by atoms with Gasteiger partial charge in [0.05, 0.1) is 22.8 Å². The maximum Gasteiger partial charge on any atom is 0.164 e. The van der Waals surface area contributed by atoms with E-state index in [9.17, 15) is 0 Å². The summed E-state index contributed by atoms with van der Waals surface area (Å²) in [5, 5.41) is 6.14.